The molecule has 0 aliphatic rings. The van der Waals surface area contributed by atoms with Crippen molar-refractivity contribution in [2.45, 2.75) is 19.4 Å². The van der Waals surface area contributed by atoms with Gasteiger partial charge in [-0.05, 0) is 18.9 Å². The average Bonchev–Trinajstić information content (AvgIpc) is 2.06. The summed E-state index contributed by atoms with van der Waals surface area (Å²) in [6.07, 6.45) is 1.22. The van der Waals surface area contributed by atoms with Crippen molar-refractivity contribution in [2.75, 3.05) is 0 Å². The van der Waals surface area contributed by atoms with Crippen LogP contribution in [0.5, 0.6) is 0 Å². The Morgan fingerprint density at radius 1 is 1.38 bits per heavy atom. The van der Waals surface area contributed by atoms with E-state index in [4.69, 9.17) is 10.5 Å². The van der Waals surface area contributed by atoms with Crippen molar-refractivity contribution in [2.24, 2.45) is 11.5 Å². The number of carbonyl (C=O) groups is 1. The second-order valence-corrected chi connectivity index (χ2v) is 2.80. The van der Waals surface area contributed by atoms with Gasteiger partial charge < -0.3 is 11.5 Å². The first kappa shape index (κ1) is 11.6. The third-order valence-corrected chi connectivity index (χ3v) is 1.40. The van der Waals surface area contributed by atoms with E-state index in [9.17, 15) is 0 Å². The molecule has 1 atom stereocenters. The number of carbonyl (C=O) groups excluding carboxylic acids is 1. The summed E-state index contributed by atoms with van der Waals surface area (Å²) in [7, 11) is 0. The Bertz CT molecular complexity index is 222. The van der Waals surface area contributed by atoms with Crippen molar-refractivity contribution in [1.82, 2.24) is 0 Å². The van der Waals surface area contributed by atoms with Crippen LogP contribution >= 0.6 is 0 Å². The summed E-state index contributed by atoms with van der Waals surface area (Å²) in [6, 6.07) is 10.6. The topological polar surface area (TPSA) is 69.1 Å². The van der Waals surface area contributed by atoms with Gasteiger partial charge in [0.2, 0.25) is 6.41 Å². The zero-order valence-corrected chi connectivity index (χ0v) is 7.81. The van der Waals surface area contributed by atoms with Crippen LogP contribution in [0, 0.1) is 0 Å². The van der Waals surface area contributed by atoms with Gasteiger partial charge in [0.05, 0.1) is 0 Å². The van der Waals surface area contributed by atoms with Crippen molar-refractivity contribution in [1.29, 1.82) is 0 Å². The first-order chi connectivity index (χ1) is 6.20. The van der Waals surface area contributed by atoms with E-state index in [0.717, 1.165) is 6.42 Å². The highest BCUT2D eigenvalue weighted by Gasteiger charge is 1.94. The highest BCUT2D eigenvalue weighted by Crippen LogP contribution is 2.00. The van der Waals surface area contributed by atoms with E-state index >= 15 is 0 Å². The number of amides is 1. The van der Waals surface area contributed by atoms with Crippen LogP contribution in [0.4, 0.5) is 0 Å². The van der Waals surface area contributed by atoms with Crippen LogP contribution in [0.2, 0.25) is 0 Å². The molecule has 4 N–H and O–H groups in total. The zero-order valence-electron chi connectivity index (χ0n) is 7.81. The van der Waals surface area contributed by atoms with Gasteiger partial charge in [-0.25, -0.2) is 0 Å². The Labute approximate surface area is 78.7 Å². The summed E-state index contributed by atoms with van der Waals surface area (Å²) >= 11 is 0. The van der Waals surface area contributed by atoms with E-state index < -0.39 is 0 Å². The number of benzene rings is 1. The minimum absolute atomic E-state index is 0.250. The largest absolute Gasteiger partial charge is 0.372 e. The van der Waals surface area contributed by atoms with Crippen molar-refractivity contribution in [3.8, 4) is 0 Å². The average molecular weight is 180 g/mol. The Kier molecular flexibility index (Phi) is 6.55. The molecule has 1 aromatic carbocycles. The molecule has 1 unspecified atom stereocenters. The number of primary amides is 1. The second kappa shape index (κ2) is 7.31. The molecular weight excluding hydrogens is 164 g/mol. The lowest BCUT2D eigenvalue weighted by Gasteiger charge is -2.02. The van der Waals surface area contributed by atoms with Crippen LogP contribution in [0.25, 0.3) is 0 Å². The van der Waals surface area contributed by atoms with Crippen LogP contribution in [-0.2, 0) is 11.2 Å². The Hall–Kier alpha value is -1.35. The van der Waals surface area contributed by atoms with Crippen LogP contribution < -0.4 is 11.5 Å². The third kappa shape index (κ3) is 7.03. The lowest BCUT2D eigenvalue weighted by Crippen LogP contribution is -2.17. The van der Waals surface area contributed by atoms with Gasteiger partial charge in [0, 0.05) is 6.04 Å². The van der Waals surface area contributed by atoms with Crippen LogP contribution in [0.3, 0.4) is 0 Å². The molecule has 0 aliphatic heterocycles. The molecule has 0 spiro atoms. The van der Waals surface area contributed by atoms with Gasteiger partial charge in [-0.3, -0.25) is 4.79 Å². The number of hydrogen-bond acceptors (Lipinski definition) is 2. The first-order valence-corrected chi connectivity index (χ1v) is 4.15. The summed E-state index contributed by atoms with van der Waals surface area (Å²) in [4.78, 5) is 8.58. The highest BCUT2D eigenvalue weighted by molar-refractivity contribution is 5.42. The number of nitrogens with two attached hydrogens (primary N) is 2. The van der Waals surface area contributed by atoms with Gasteiger partial charge >= 0.3 is 0 Å². The molecule has 0 saturated carbocycles. The molecule has 0 fully saturated rings. The molecule has 0 aliphatic carbocycles. The molecule has 0 saturated heterocycles. The molecule has 0 aromatic heterocycles. The van der Waals surface area contributed by atoms with E-state index in [-0.39, 0.29) is 12.5 Å². The molecule has 13 heavy (non-hydrogen) atoms. The fraction of sp³-hybridized carbons (Fsp3) is 0.300. The van der Waals surface area contributed by atoms with E-state index in [1.54, 1.807) is 0 Å². The standard InChI is InChI=1S/C9H13N.CH3NO/c1-8(10)7-9-5-3-2-4-6-9;2-1-3/h2-6,8H,7,10H2,1H3;1H,(H2,2,3). The molecule has 1 aromatic rings. The smallest absolute Gasteiger partial charge is 0.204 e. The summed E-state index contributed by atoms with van der Waals surface area (Å²) in [5, 5.41) is 0. The molecule has 1 rings (SSSR count). The normalized spacial score (nSPS) is 10.9. The maximum Gasteiger partial charge on any atom is 0.204 e. The fourth-order valence-corrected chi connectivity index (χ4v) is 0.986. The van der Waals surface area contributed by atoms with Gasteiger partial charge in [0.25, 0.3) is 0 Å². The third-order valence-electron chi connectivity index (χ3n) is 1.40. The van der Waals surface area contributed by atoms with Crippen molar-refractivity contribution in [3.63, 3.8) is 0 Å². The van der Waals surface area contributed by atoms with E-state index in [1.165, 1.54) is 5.56 Å². The second-order valence-electron chi connectivity index (χ2n) is 2.80. The zero-order chi connectivity index (χ0) is 10.1. The Morgan fingerprint density at radius 2 is 1.85 bits per heavy atom. The number of rotatable bonds is 2. The maximum atomic E-state index is 8.58. The lowest BCUT2D eigenvalue weighted by atomic mass is 10.1. The molecule has 0 bridgehead atoms. The van der Waals surface area contributed by atoms with E-state index in [0.29, 0.717) is 0 Å². The minimum Gasteiger partial charge on any atom is -0.372 e. The summed E-state index contributed by atoms with van der Waals surface area (Å²) in [5.74, 6) is 0. The summed E-state index contributed by atoms with van der Waals surface area (Å²) in [5.41, 5.74) is 11.1. The predicted molar refractivity (Wildman–Crippen MR) is 54.0 cm³/mol. The van der Waals surface area contributed by atoms with Crippen molar-refractivity contribution < 1.29 is 4.79 Å². The van der Waals surface area contributed by atoms with Gasteiger partial charge in [-0.1, -0.05) is 30.3 Å². The minimum atomic E-state index is 0.250. The summed E-state index contributed by atoms with van der Waals surface area (Å²) < 4.78 is 0. The molecule has 0 heterocycles. The highest BCUT2D eigenvalue weighted by atomic mass is 16.1. The van der Waals surface area contributed by atoms with Crippen LogP contribution in [-0.4, -0.2) is 12.5 Å². The Morgan fingerprint density at radius 3 is 2.23 bits per heavy atom. The Balaban J connectivity index is 0.000000424. The quantitative estimate of drug-likeness (QED) is 0.657. The van der Waals surface area contributed by atoms with Gasteiger partial charge in [0.1, 0.15) is 0 Å². The van der Waals surface area contributed by atoms with Crippen molar-refractivity contribution in [3.05, 3.63) is 35.9 Å². The molecule has 0 radical (unpaired) electrons. The number of hydrogen-bond donors (Lipinski definition) is 2. The molecular formula is C10H16N2O. The SMILES string of the molecule is CC(N)Cc1ccccc1.NC=O. The predicted octanol–water partition coefficient (Wildman–Crippen LogP) is 0.678. The molecule has 3 heteroatoms. The fourth-order valence-electron chi connectivity index (χ4n) is 0.986. The van der Waals surface area contributed by atoms with Gasteiger partial charge in [-0.15, -0.1) is 0 Å². The van der Waals surface area contributed by atoms with Crippen LogP contribution in [0.1, 0.15) is 12.5 Å². The van der Waals surface area contributed by atoms with Crippen molar-refractivity contribution >= 4 is 6.41 Å². The van der Waals surface area contributed by atoms with E-state index in [1.807, 2.05) is 25.1 Å². The molecule has 72 valence electrons. The van der Waals surface area contributed by atoms with Gasteiger partial charge in [-0.2, -0.15) is 0 Å². The summed E-state index contributed by atoms with van der Waals surface area (Å²) in [6.45, 7) is 2.02. The molecule has 3 nitrogen and oxygen atoms in total. The maximum absolute atomic E-state index is 8.58. The van der Waals surface area contributed by atoms with Gasteiger partial charge in [0.15, 0.2) is 0 Å². The lowest BCUT2D eigenvalue weighted by molar-refractivity contribution is -0.106. The molecule has 1 amide bonds. The first-order valence-electron chi connectivity index (χ1n) is 4.15. The monoisotopic (exact) mass is 180 g/mol. The van der Waals surface area contributed by atoms with E-state index in [2.05, 4.69) is 17.9 Å². The van der Waals surface area contributed by atoms with Crippen LogP contribution in [0.15, 0.2) is 30.3 Å².